The van der Waals surface area contributed by atoms with Gasteiger partial charge in [0.15, 0.2) is 5.82 Å². The Morgan fingerprint density at radius 2 is 1.84 bits per heavy atom. The second-order valence-electron chi connectivity index (χ2n) is 11.3. The third kappa shape index (κ3) is 6.53. The van der Waals surface area contributed by atoms with Crippen LogP contribution in [-0.4, -0.2) is 59.8 Å². The minimum absolute atomic E-state index is 0.0854. The van der Waals surface area contributed by atoms with Gasteiger partial charge in [-0.05, 0) is 61.6 Å². The number of fused-ring (bicyclic) bond motifs is 1. The zero-order valence-corrected chi connectivity index (χ0v) is 25.6. The largest absolute Gasteiger partial charge is 0.368 e. The number of rotatable bonds is 8. The van der Waals surface area contributed by atoms with Crippen LogP contribution in [0.1, 0.15) is 39.4 Å². The monoisotopic (exact) mass is 618 g/mol. The molecule has 1 aromatic carbocycles. The second-order valence-corrected chi connectivity index (χ2v) is 12.5. The maximum atomic E-state index is 15.8. The predicted molar refractivity (Wildman–Crippen MR) is 173 cm³/mol. The number of alkyl halides is 1. The summed E-state index contributed by atoms with van der Waals surface area (Å²) in [6.07, 6.45) is 8.75. The minimum atomic E-state index is -0.572. The van der Waals surface area contributed by atoms with Gasteiger partial charge in [-0.25, -0.2) is 13.8 Å². The standard InChI is InChI=1S/C33H36F2N6O2S/c1-39-21-23(18-27(33(39)43)37-30-11-10-24(20-36-30)41-16-14-40(13-12-34)15-17-41)25-7-5-8-26(31(25)35)38-32(42)29-19-22-6-3-2-4-9-28(22)44-29/h5,7-8,10-11,18-21H,2-4,6,9,12-17H2,1H3,(H,36,37)(H,38,42). The number of anilines is 4. The number of carbonyl (C=O) groups is 1. The van der Waals surface area contributed by atoms with E-state index in [9.17, 15) is 14.0 Å². The summed E-state index contributed by atoms with van der Waals surface area (Å²) in [5.74, 6) is -0.411. The van der Waals surface area contributed by atoms with Gasteiger partial charge < -0.3 is 20.1 Å². The molecule has 1 fully saturated rings. The van der Waals surface area contributed by atoms with Crippen LogP contribution in [0, 0.1) is 5.82 Å². The first-order chi connectivity index (χ1) is 21.4. The number of aromatic nitrogens is 2. The first-order valence-corrected chi connectivity index (χ1v) is 15.9. The second kappa shape index (κ2) is 13.3. The molecule has 4 heterocycles. The number of piperazine rings is 1. The van der Waals surface area contributed by atoms with E-state index < -0.39 is 5.82 Å². The smallest absolute Gasteiger partial charge is 0.274 e. The van der Waals surface area contributed by atoms with Gasteiger partial charge in [0.05, 0.1) is 22.4 Å². The summed E-state index contributed by atoms with van der Waals surface area (Å²) >= 11 is 1.50. The van der Waals surface area contributed by atoms with Gasteiger partial charge in [0, 0.05) is 62.0 Å². The SMILES string of the molecule is Cn1cc(-c2cccc(NC(=O)c3cc4c(s3)CCCCC4)c2F)cc(Nc2ccc(N3CCN(CCF)CC3)cn2)c1=O. The quantitative estimate of drug-likeness (QED) is 0.236. The highest BCUT2D eigenvalue weighted by atomic mass is 32.1. The fourth-order valence-corrected chi connectivity index (χ4v) is 7.05. The van der Waals surface area contributed by atoms with E-state index in [1.165, 1.54) is 32.8 Å². The van der Waals surface area contributed by atoms with Crippen molar-refractivity contribution in [2.75, 3.05) is 54.9 Å². The van der Waals surface area contributed by atoms with E-state index in [2.05, 4.69) is 25.4 Å². The summed E-state index contributed by atoms with van der Waals surface area (Å²) < 4.78 is 29.9. The Bertz CT molecular complexity index is 1670. The fourth-order valence-electron chi connectivity index (χ4n) is 5.90. The third-order valence-corrected chi connectivity index (χ3v) is 9.60. The molecule has 0 spiro atoms. The zero-order valence-electron chi connectivity index (χ0n) is 24.7. The minimum Gasteiger partial charge on any atom is -0.368 e. The number of hydrogen-bond donors (Lipinski definition) is 2. The van der Waals surface area contributed by atoms with Gasteiger partial charge in [-0.3, -0.25) is 14.5 Å². The van der Waals surface area contributed by atoms with Crippen LogP contribution in [0.4, 0.5) is 31.7 Å². The molecular weight excluding hydrogens is 582 g/mol. The maximum Gasteiger partial charge on any atom is 0.274 e. The molecule has 4 aromatic rings. The van der Waals surface area contributed by atoms with E-state index >= 15 is 4.39 Å². The van der Waals surface area contributed by atoms with Crippen molar-refractivity contribution in [1.29, 1.82) is 0 Å². The van der Waals surface area contributed by atoms with Crippen LogP contribution in [0.25, 0.3) is 11.1 Å². The summed E-state index contributed by atoms with van der Waals surface area (Å²) in [6.45, 7) is 3.29. The van der Waals surface area contributed by atoms with E-state index in [0.717, 1.165) is 57.5 Å². The lowest BCUT2D eigenvalue weighted by Crippen LogP contribution is -2.47. The summed E-state index contributed by atoms with van der Waals surface area (Å²) in [6, 6.07) is 12.1. The van der Waals surface area contributed by atoms with Crippen molar-refractivity contribution in [1.82, 2.24) is 14.5 Å². The van der Waals surface area contributed by atoms with Crippen molar-refractivity contribution < 1.29 is 13.6 Å². The van der Waals surface area contributed by atoms with Gasteiger partial charge in [-0.1, -0.05) is 18.6 Å². The Hall–Kier alpha value is -4.09. The number of aryl methyl sites for hydroxylation is 3. The topological polar surface area (TPSA) is 82.5 Å². The summed E-state index contributed by atoms with van der Waals surface area (Å²) in [5.41, 5.74) is 2.98. The molecule has 2 aliphatic rings. The number of thiophene rings is 1. The van der Waals surface area contributed by atoms with Crippen LogP contribution in [0.3, 0.4) is 0 Å². The van der Waals surface area contributed by atoms with Gasteiger partial charge >= 0.3 is 0 Å². The Balaban J connectivity index is 1.18. The van der Waals surface area contributed by atoms with Crippen LogP contribution in [0.2, 0.25) is 0 Å². The summed E-state index contributed by atoms with van der Waals surface area (Å²) in [4.78, 5) is 36.7. The normalized spacial score (nSPS) is 15.5. The molecule has 44 heavy (non-hydrogen) atoms. The average molecular weight is 619 g/mol. The predicted octanol–water partition coefficient (Wildman–Crippen LogP) is 6.00. The Labute approximate surface area is 259 Å². The number of pyridine rings is 2. The van der Waals surface area contributed by atoms with Crippen molar-refractivity contribution in [2.45, 2.75) is 32.1 Å². The van der Waals surface area contributed by atoms with Crippen LogP contribution in [0.5, 0.6) is 0 Å². The Kier molecular flexibility index (Phi) is 9.04. The molecule has 0 bridgehead atoms. The Morgan fingerprint density at radius 3 is 2.61 bits per heavy atom. The third-order valence-electron chi connectivity index (χ3n) is 8.36. The molecule has 230 valence electrons. The molecular formula is C33H36F2N6O2S. The van der Waals surface area contributed by atoms with Crippen LogP contribution in [-0.2, 0) is 19.9 Å². The van der Waals surface area contributed by atoms with Crippen molar-refractivity contribution >= 4 is 40.1 Å². The fraction of sp³-hybridized carbons (Fsp3) is 0.364. The van der Waals surface area contributed by atoms with E-state index in [0.29, 0.717) is 22.8 Å². The number of benzene rings is 1. The molecule has 1 aliphatic heterocycles. The number of halogens is 2. The first kappa shape index (κ1) is 30.0. The molecule has 2 N–H and O–H groups in total. The van der Waals surface area contributed by atoms with Crippen LogP contribution >= 0.6 is 11.3 Å². The molecule has 6 rings (SSSR count). The number of hydrogen-bond acceptors (Lipinski definition) is 7. The van der Waals surface area contributed by atoms with Crippen LogP contribution < -0.4 is 21.1 Å². The molecule has 11 heteroatoms. The summed E-state index contributed by atoms with van der Waals surface area (Å²) in [7, 11) is 1.61. The zero-order chi connectivity index (χ0) is 30.6. The highest BCUT2D eigenvalue weighted by Crippen LogP contribution is 2.32. The van der Waals surface area contributed by atoms with E-state index in [1.807, 2.05) is 12.1 Å². The summed E-state index contributed by atoms with van der Waals surface area (Å²) in [5, 5.41) is 5.85. The molecule has 1 amide bonds. The maximum absolute atomic E-state index is 15.8. The Morgan fingerprint density at radius 1 is 1.02 bits per heavy atom. The number of nitrogens with zero attached hydrogens (tertiary/aromatic N) is 4. The number of carbonyl (C=O) groups excluding carboxylic acids is 1. The number of amides is 1. The highest BCUT2D eigenvalue weighted by Gasteiger charge is 2.20. The van der Waals surface area contributed by atoms with E-state index in [-0.39, 0.29) is 35.1 Å². The lowest BCUT2D eigenvalue weighted by atomic mass is 10.1. The molecule has 1 aliphatic carbocycles. The molecule has 1 saturated heterocycles. The molecule has 0 radical (unpaired) electrons. The molecule has 0 saturated carbocycles. The van der Waals surface area contributed by atoms with Crippen LogP contribution in [0.15, 0.2) is 59.7 Å². The van der Waals surface area contributed by atoms with Crippen molar-refractivity contribution in [2.24, 2.45) is 7.05 Å². The van der Waals surface area contributed by atoms with Gasteiger partial charge in [0.1, 0.15) is 18.2 Å². The number of nitrogens with one attached hydrogen (secondary N) is 2. The van der Waals surface area contributed by atoms with Gasteiger partial charge in [0.2, 0.25) is 0 Å². The molecule has 0 atom stereocenters. The average Bonchev–Trinajstić information content (AvgIpc) is 3.31. The van der Waals surface area contributed by atoms with Crippen molar-refractivity contribution in [3.63, 3.8) is 0 Å². The molecule has 0 unspecified atom stereocenters. The lowest BCUT2D eigenvalue weighted by Gasteiger charge is -2.35. The molecule has 3 aromatic heterocycles. The molecule has 8 nitrogen and oxygen atoms in total. The lowest BCUT2D eigenvalue weighted by molar-refractivity contribution is 0.103. The van der Waals surface area contributed by atoms with E-state index in [4.69, 9.17) is 0 Å². The highest BCUT2D eigenvalue weighted by molar-refractivity contribution is 7.14. The van der Waals surface area contributed by atoms with Gasteiger partial charge in [0.25, 0.3) is 11.5 Å². The van der Waals surface area contributed by atoms with Crippen molar-refractivity contribution in [3.8, 4) is 11.1 Å². The van der Waals surface area contributed by atoms with E-state index in [1.54, 1.807) is 49.8 Å². The van der Waals surface area contributed by atoms with Crippen molar-refractivity contribution in [3.05, 3.63) is 86.3 Å². The van der Waals surface area contributed by atoms with Gasteiger partial charge in [-0.2, -0.15) is 0 Å². The van der Waals surface area contributed by atoms with Gasteiger partial charge in [-0.15, -0.1) is 11.3 Å². The first-order valence-electron chi connectivity index (χ1n) is 15.1.